The molecule has 0 bridgehead atoms. The SMILES string of the molecule is CC1CCC(c2ccc(OC(F)(F)c3ccc(C4CCC(C)CC4)c(F)c3)cc2)CC1. The Bertz CT molecular complexity index is 861. The highest BCUT2D eigenvalue weighted by atomic mass is 19.3. The van der Waals surface area contributed by atoms with E-state index in [9.17, 15) is 13.2 Å². The van der Waals surface area contributed by atoms with Crippen molar-refractivity contribution in [3.63, 3.8) is 0 Å². The fourth-order valence-corrected chi connectivity index (χ4v) is 5.22. The third-order valence-electron chi connectivity index (χ3n) is 7.41. The Morgan fingerprint density at radius 3 is 1.84 bits per heavy atom. The van der Waals surface area contributed by atoms with Gasteiger partial charge < -0.3 is 4.74 Å². The molecule has 0 N–H and O–H groups in total. The molecular weight excluding hydrogens is 397 g/mol. The van der Waals surface area contributed by atoms with Crippen molar-refractivity contribution in [1.82, 2.24) is 0 Å². The molecule has 0 aliphatic heterocycles. The van der Waals surface area contributed by atoms with Crippen molar-refractivity contribution >= 4 is 0 Å². The minimum absolute atomic E-state index is 0.101. The third kappa shape index (κ3) is 5.27. The second-order valence-electron chi connectivity index (χ2n) is 9.84. The molecule has 168 valence electrons. The Labute approximate surface area is 184 Å². The Morgan fingerprint density at radius 2 is 1.29 bits per heavy atom. The average Bonchev–Trinajstić information content (AvgIpc) is 2.75. The lowest BCUT2D eigenvalue weighted by Crippen LogP contribution is -2.22. The zero-order valence-corrected chi connectivity index (χ0v) is 18.5. The van der Waals surface area contributed by atoms with Crippen LogP contribution in [-0.2, 0) is 6.11 Å². The van der Waals surface area contributed by atoms with E-state index >= 15 is 0 Å². The van der Waals surface area contributed by atoms with E-state index in [1.165, 1.54) is 30.5 Å². The molecule has 0 aromatic heterocycles. The van der Waals surface area contributed by atoms with Gasteiger partial charge in [0.15, 0.2) is 0 Å². The van der Waals surface area contributed by atoms with E-state index in [0.717, 1.165) is 50.5 Å². The highest BCUT2D eigenvalue weighted by molar-refractivity contribution is 5.33. The van der Waals surface area contributed by atoms with Gasteiger partial charge >= 0.3 is 6.11 Å². The smallest absolute Gasteiger partial charge is 0.426 e. The van der Waals surface area contributed by atoms with Crippen molar-refractivity contribution in [1.29, 1.82) is 0 Å². The molecule has 1 nitrogen and oxygen atoms in total. The first kappa shape index (κ1) is 22.2. The summed E-state index contributed by atoms with van der Waals surface area (Å²) < 4.78 is 49.2. The molecule has 2 aliphatic rings. The van der Waals surface area contributed by atoms with Gasteiger partial charge in [-0.2, -0.15) is 8.78 Å². The monoisotopic (exact) mass is 430 g/mol. The van der Waals surface area contributed by atoms with Crippen LogP contribution in [0.4, 0.5) is 13.2 Å². The minimum atomic E-state index is -3.58. The molecule has 2 aromatic carbocycles. The molecule has 31 heavy (non-hydrogen) atoms. The number of alkyl halides is 2. The number of halogens is 3. The van der Waals surface area contributed by atoms with Gasteiger partial charge in [-0.15, -0.1) is 0 Å². The zero-order chi connectivity index (χ0) is 22.0. The van der Waals surface area contributed by atoms with Gasteiger partial charge in [0.2, 0.25) is 0 Å². The molecular formula is C27H33F3O. The van der Waals surface area contributed by atoms with Gasteiger partial charge in [0.05, 0.1) is 5.56 Å². The summed E-state index contributed by atoms with van der Waals surface area (Å²) in [5, 5.41) is 0. The molecule has 2 aromatic rings. The summed E-state index contributed by atoms with van der Waals surface area (Å²) in [6, 6.07) is 10.8. The van der Waals surface area contributed by atoms with E-state index in [1.807, 2.05) is 12.1 Å². The summed E-state index contributed by atoms with van der Waals surface area (Å²) in [6.45, 7) is 4.48. The lowest BCUT2D eigenvalue weighted by atomic mass is 9.79. The van der Waals surface area contributed by atoms with Crippen LogP contribution in [0.5, 0.6) is 5.75 Å². The van der Waals surface area contributed by atoms with Crippen LogP contribution in [0.15, 0.2) is 42.5 Å². The second-order valence-corrected chi connectivity index (χ2v) is 9.84. The van der Waals surface area contributed by atoms with E-state index in [0.29, 0.717) is 17.4 Å². The number of benzene rings is 2. The molecule has 2 fully saturated rings. The third-order valence-corrected chi connectivity index (χ3v) is 7.41. The Morgan fingerprint density at radius 1 is 0.742 bits per heavy atom. The van der Waals surface area contributed by atoms with E-state index in [2.05, 4.69) is 13.8 Å². The number of hydrogen-bond donors (Lipinski definition) is 0. The van der Waals surface area contributed by atoms with Crippen molar-refractivity contribution in [2.75, 3.05) is 0 Å². The first-order valence-corrected chi connectivity index (χ1v) is 11.8. The zero-order valence-electron chi connectivity index (χ0n) is 18.5. The number of ether oxygens (including phenoxy) is 1. The van der Waals surface area contributed by atoms with Crippen molar-refractivity contribution in [3.05, 3.63) is 65.0 Å². The van der Waals surface area contributed by atoms with Crippen molar-refractivity contribution in [3.8, 4) is 5.75 Å². The summed E-state index contributed by atoms with van der Waals surface area (Å²) >= 11 is 0. The lowest BCUT2D eigenvalue weighted by molar-refractivity contribution is -0.185. The number of hydrogen-bond acceptors (Lipinski definition) is 1. The van der Waals surface area contributed by atoms with Gasteiger partial charge in [-0.05, 0) is 84.7 Å². The van der Waals surface area contributed by atoms with Gasteiger partial charge in [-0.25, -0.2) is 4.39 Å². The van der Waals surface area contributed by atoms with Crippen LogP contribution in [0.2, 0.25) is 0 Å². The molecule has 0 radical (unpaired) electrons. The van der Waals surface area contributed by atoms with Crippen LogP contribution in [-0.4, -0.2) is 0 Å². The summed E-state index contributed by atoms with van der Waals surface area (Å²) in [5.74, 6) is 1.59. The van der Waals surface area contributed by atoms with E-state index in [1.54, 1.807) is 12.1 Å². The quantitative estimate of drug-likeness (QED) is 0.462. The molecule has 0 heterocycles. The minimum Gasteiger partial charge on any atom is -0.429 e. The lowest BCUT2D eigenvalue weighted by Gasteiger charge is -2.27. The van der Waals surface area contributed by atoms with E-state index in [-0.39, 0.29) is 11.7 Å². The summed E-state index contributed by atoms with van der Waals surface area (Å²) in [7, 11) is 0. The van der Waals surface area contributed by atoms with Crippen LogP contribution < -0.4 is 4.74 Å². The molecule has 0 amide bonds. The van der Waals surface area contributed by atoms with Crippen molar-refractivity contribution in [2.45, 2.75) is 83.2 Å². The molecule has 2 saturated carbocycles. The molecule has 0 spiro atoms. The first-order valence-electron chi connectivity index (χ1n) is 11.8. The predicted octanol–water partition coefficient (Wildman–Crippen LogP) is 8.54. The molecule has 0 unspecified atom stereocenters. The maximum Gasteiger partial charge on any atom is 0.426 e. The summed E-state index contributed by atoms with van der Waals surface area (Å²) in [6.07, 6.45) is 5.06. The highest BCUT2D eigenvalue weighted by Crippen LogP contribution is 2.40. The van der Waals surface area contributed by atoms with Gasteiger partial charge in [0, 0.05) is 0 Å². The van der Waals surface area contributed by atoms with E-state index in [4.69, 9.17) is 4.74 Å². The van der Waals surface area contributed by atoms with Crippen LogP contribution in [0.3, 0.4) is 0 Å². The van der Waals surface area contributed by atoms with Gasteiger partial charge in [0.25, 0.3) is 0 Å². The fourth-order valence-electron chi connectivity index (χ4n) is 5.22. The van der Waals surface area contributed by atoms with Gasteiger partial charge in [0.1, 0.15) is 11.6 Å². The van der Waals surface area contributed by atoms with Crippen LogP contribution in [0.1, 0.15) is 93.7 Å². The van der Waals surface area contributed by atoms with Crippen LogP contribution >= 0.6 is 0 Å². The van der Waals surface area contributed by atoms with Crippen LogP contribution in [0, 0.1) is 17.7 Å². The Kier molecular flexibility index (Phi) is 6.64. The van der Waals surface area contributed by atoms with Gasteiger partial charge in [-0.3, -0.25) is 0 Å². The molecule has 4 heteroatoms. The predicted molar refractivity (Wildman–Crippen MR) is 118 cm³/mol. The summed E-state index contributed by atoms with van der Waals surface area (Å²) in [4.78, 5) is 0. The molecule has 0 saturated heterocycles. The van der Waals surface area contributed by atoms with Gasteiger partial charge in [-0.1, -0.05) is 57.7 Å². The first-order chi connectivity index (χ1) is 14.8. The number of rotatable bonds is 5. The molecule has 4 rings (SSSR count). The largest absolute Gasteiger partial charge is 0.429 e. The van der Waals surface area contributed by atoms with E-state index < -0.39 is 17.5 Å². The molecule has 2 aliphatic carbocycles. The maximum atomic E-state index is 14.8. The van der Waals surface area contributed by atoms with Crippen LogP contribution in [0.25, 0.3) is 0 Å². The average molecular weight is 431 g/mol. The fraction of sp³-hybridized carbons (Fsp3) is 0.556. The second kappa shape index (κ2) is 9.26. The Balaban J connectivity index is 1.43. The molecule has 0 atom stereocenters. The normalized spacial score (nSPS) is 27.1. The Hall–Kier alpha value is -1.97. The summed E-state index contributed by atoms with van der Waals surface area (Å²) in [5.41, 5.74) is 1.29. The topological polar surface area (TPSA) is 9.23 Å². The standard InChI is InChI=1S/C27H33F3O/c1-18-3-7-20(8-4-18)21-11-14-24(15-12-21)31-27(29,30)23-13-16-25(26(28)17-23)22-9-5-19(2)6-10-22/h11-20,22H,3-10H2,1-2H3. The highest BCUT2D eigenvalue weighted by Gasteiger charge is 2.36. The van der Waals surface area contributed by atoms with Crippen molar-refractivity contribution < 1.29 is 17.9 Å². The maximum absolute atomic E-state index is 14.8. The van der Waals surface area contributed by atoms with Crippen molar-refractivity contribution in [2.24, 2.45) is 11.8 Å².